The maximum Gasteiger partial charge on any atom is 0.339 e. The highest BCUT2D eigenvalue weighted by Gasteiger charge is 2.17. The van der Waals surface area contributed by atoms with Crippen molar-refractivity contribution in [2.45, 2.75) is 10.8 Å². The SMILES string of the molecule is NS(=O)(=O)c1cc(C(=O)OCC(=O)NCc2ccc(Cl)cc2)cs1. The second-order valence-corrected chi connectivity index (χ2v) is 7.81. The average Bonchev–Trinajstić information content (AvgIpc) is 3.02. The van der Waals surface area contributed by atoms with Crippen molar-refractivity contribution in [1.29, 1.82) is 0 Å². The smallest absolute Gasteiger partial charge is 0.339 e. The highest BCUT2D eigenvalue weighted by molar-refractivity contribution is 7.91. The largest absolute Gasteiger partial charge is 0.452 e. The van der Waals surface area contributed by atoms with E-state index >= 15 is 0 Å². The van der Waals surface area contributed by atoms with Crippen LogP contribution < -0.4 is 10.5 Å². The molecule has 2 rings (SSSR count). The summed E-state index contributed by atoms with van der Waals surface area (Å²) in [5.74, 6) is -1.29. The van der Waals surface area contributed by atoms with E-state index in [1.54, 1.807) is 24.3 Å². The number of nitrogens with two attached hydrogens (primary N) is 1. The van der Waals surface area contributed by atoms with Gasteiger partial charge in [0.05, 0.1) is 5.56 Å². The Hall–Kier alpha value is -1.94. The highest BCUT2D eigenvalue weighted by Crippen LogP contribution is 2.19. The molecule has 0 unspecified atom stereocenters. The lowest BCUT2D eigenvalue weighted by atomic mass is 10.2. The summed E-state index contributed by atoms with van der Waals surface area (Å²) in [6.07, 6.45) is 0. The van der Waals surface area contributed by atoms with E-state index in [-0.39, 0.29) is 16.3 Å². The Morgan fingerprint density at radius 2 is 1.92 bits per heavy atom. The van der Waals surface area contributed by atoms with Crippen molar-refractivity contribution < 1.29 is 22.7 Å². The molecule has 2 aromatic rings. The third-order valence-corrected chi connectivity index (χ3v) is 5.47. The molecule has 0 aliphatic rings. The zero-order valence-electron chi connectivity index (χ0n) is 12.2. The number of esters is 1. The van der Waals surface area contributed by atoms with Crippen LogP contribution in [0, 0.1) is 0 Å². The van der Waals surface area contributed by atoms with Crippen LogP contribution in [0.2, 0.25) is 5.02 Å². The molecule has 0 spiro atoms. The third-order valence-electron chi connectivity index (χ3n) is 2.83. The number of hydrogen-bond acceptors (Lipinski definition) is 6. The van der Waals surface area contributed by atoms with Crippen LogP contribution in [0.3, 0.4) is 0 Å². The predicted molar refractivity (Wildman–Crippen MR) is 89.3 cm³/mol. The number of carbonyl (C=O) groups excluding carboxylic acids is 2. The van der Waals surface area contributed by atoms with Gasteiger partial charge in [-0.2, -0.15) is 0 Å². The van der Waals surface area contributed by atoms with Gasteiger partial charge in [-0.15, -0.1) is 11.3 Å². The minimum Gasteiger partial charge on any atom is -0.452 e. The normalized spacial score (nSPS) is 11.1. The highest BCUT2D eigenvalue weighted by atomic mass is 35.5. The monoisotopic (exact) mass is 388 g/mol. The summed E-state index contributed by atoms with van der Waals surface area (Å²) < 4.78 is 27.0. The van der Waals surface area contributed by atoms with Gasteiger partial charge in [0.2, 0.25) is 10.0 Å². The molecule has 1 heterocycles. The molecule has 0 bridgehead atoms. The molecule has 128 valence electrons. The van der Waals surface area contributed by atoms with E-state index in [0.717, 1.165) is 23.0 Å². The number of thiophene rings is 1. The van der Waals surface area contributed by atoms with Crippen molar-refractivity contribution in [2.24, 2.45) is 5.14 Å². The van der Waals surface area contributed by atoms with Crippen LogP contribution in [-0.4, -0.2) is 26.9 Å². The molecule has 24 heavy (non-hydrogen) atoms. The summed E-state index contributed by atoms with van der Waals surface area (Å²) in [6, 6.07) is 8.02. The first-order valence-electron chi connectivity index (χ1n) is 6.55. The average molecular weight is 389 g/mol. The van der Waals surface area contributed by atoms with Gasteiger partial charge in [-0.3, -0.25) is 4.79 Å². The molecule has 1 aromatic carbocycles. The van der Waals surface area contributed by atoms with Gasteiger partial charge in [-0.1, -0.05) is 23.7 Å². The van der Waals surface area contributed by atoms with E-state index in [2.05, 4.69) is 5.32 Å². The first-order valence-corrected chi connectivity index (χ1v) is 9.36. The van der Waals surface area contributed by atoms with Crippen molar-refractivity contribution in [3.05, 3.63) is 51.9 Å². The molecule has 3 N–H and O–H groups in total. The first kappa shape index (κ1) is 18.4. The lowest BCUT2D eigenvalue weighted by molar-refractivity contribution is -0.124. The second-order valence-electron chi connectivity index (χ2n) is 4.68. The van der Waals surface area contributed by atoms with Gasteiger partial charge < -0.3 is 10.1 Å². The van der Waals surface area contributed by atoms with Crippen molar-refractivity contribution in [3.63, 3.8) is 0 Å². The summed E-state index contributed by atoms with van der Waals surface area (Å²) in [6.45, 7) is -0.214. The zero-order chi connectivity index (χ0) is 17.7. The number of primary sulfonamides is 1. The van der Waals surface area contributed by atoms with Gasteiger partial charge >= 0.3 is 5.97 Å². The number of hydrogen-bond donors (Lipinski definition) is 2. The summed E-state index contributed by atoms with van der Waals surface area (Å²) in [5.41, 5.74) is 0.865. The van der Waals surface area contributed by atoms with E-state index < -0.39 is 28.5 Å². The lowest BCUT2D eigenvalue weighted by Gasteiger charge is -2.06. The molecule has 0 radical (unpaired) electrons. The summed E-state index contributed by atoms with van der Waals surface area (Å²) in [7, 11) is -3.87. The van der Waals surface area contributed by atoms with E-state index in [1.165, 1.54) is 5.38 Å². The quantitative estimate of drug-likeness (QED) is 0.728. The number of carbonyl (C=O) groups is 2. The maximum atomic E-state index is 11.8. The first-order chi connectivity index (χ1) is 11.3. The Bertz CT molecular complexity index is 846. The van der Waals surface area contributed by atoms with Gasteiger partial charge in [0.1, 0.15) is 4.21 Å². The number of ether oxygens (including phenoxy) is 1. The minimum absolute atomic E-state index is 0.0227. The summed E-state index contributed by atoms with van der Waals surface area (Å²) in [5, 5.41) is 9.43. The van der Waals surface area contributed by atoms with Gasteiger partial charge in [-0.05, 0) is 23.8 Å². The van der Waals surface area contributed by atoms with Gasteiger partial charge in [-0.25, -0.2) is 18.4 Å². The van der Waals surface area contributed by atoms with Gasteiger partial charge in [0.25, 0.3) is 5.91 Å². The van der Waals surface area contributed by atoms with Crippen molar-refractivity contribution in [1.82, 2.24) is 5.32 Å². The Morgan fingerprint density at radius 1 is 1.25 bits per heavy atom. The molecular weight excluding hydrogens is 376 g/mol. The fraction of sp³-hybridized carbons (Fsp3) is 0.143. The minimum atomic E-state index is -3.87. The van der Waals surface area contributed by atoms with Crippen molar-refractivity contribution in [3.8, 4) is 0 Å². The molecule has 0 saturated heterocycles. The van der Waals surface area contributed by atoms with E-state index in [0.29, 0.717) is 5.02 Å². The van der Waals surface area contributed by atoms with Gasteiger partial charge in [0, 0.05) is 16.9 Å². The van der Waals surface area contributed by atoms with Crippen LogP contribution in [0.5, 0.6) is 0 Å². The van der Waals surface area contributed by atoms with E-state index in [1.807, 2.05) is 0 Å². The van der Waals surface area contributed by atoms with Crippen LogP contribution in [0.4, 0.5) is 0 Å². The molecule has 1 amide bonds. The zero-order valence-corrected chi connectivity index (χ0v) is 14.6. The molecular formula is C14H13ClN2O5S2. The number of nitrogens with one attached hydrogen (secondary N) is 1. The van der Waals surface area contributed by atoms with Crippen LogP contribution in [-0.2, 0) is 26.1 Å². The van der Waals surface area contributed by atoms with Crippen LogP contribution in [0.15, 0.2) is 39.9 Å². The number of amides is 1. The van der Waals surface area contributed by atoms with Crippen LogP contribution in [0.25, 0.3) is 0 Å². The topological polar surface area (TPSA) is 116 Å². The lowest BCUT2D eigenvalue weighted by Crippen LogP contribution is -2.28. The Labute approximate surface area is 147 Å². The number of rotatable bonds is 6. The summed E-state index contributed by atoms with van der Waals surface area (Å²) in [4.78, 5) is 23.4. The van der Waals surface area contributed by atoms with Crippen molar-refractivity contribution in [2.75, 3.05) is 6.61 Å². The summed E-state index contributed by atoms with van der Waals surface area (Å²) >= 11 is 6.56. The number of benzene rings is 1. The molecule has 10 heteroatoms. The molecule has 0 atom stereocenters. The van der Waals surface area contributed by atoms with E-state index in [9.17, 15) is 18.0 Å². The third kappa shape index (κ3) is 5.31. The molecule has 0 aliphatic carbocycles. The second kappa shape index (κ2) is 7.75. The molecule has 0 aliphatic heterocycles. The standard InChI is InChI=1S/C14H13ClN2O5S2/c15-11-3-1-9(2-4-11)6-17-12(18)7-22-14(19)10-5-13(23-8-10)24(16,20)21/h1-5,8H,6-7H2,(H,17,18)(H2,16,20,21). The Balaban J connectivity index is 1.81. The van der Waals surface area contributed by atoms with Crippen LogP contribution >= 0.6 is 22.9 Å². The Kier molecular flexibility index (Phi) is 5.94. The number of halogens is 1. The predicted octanol–water partition coefficient (Wildman–Crippen LogP) is 1.52. The van der Waals surface area contributed by atoms with Crippen molar-refractivity contribution >= 4 is 44.8 Å². The fourth-order valence-electron chi connectivity index (χ4n) is 1.64. The maximum absolute atomic E-state index is 11.8. The molecule has 0 saturated carbocycles. The molecule has 7 nitrogen and oxygen atoms in total. The van der Waals surface area contributed by atoms with Gasteiger partial charge in [0.15, 0.2) is 6.61 Å². The van der Waals surface area contributed by atoms with Crippen LogP contribution in [0.1, 0.15) is 15.9 Å². The number of sulfonamides is 1. The molecule has 0 fully saturated rings. The Morgan fingerprint density at radius 3 is 2.50 bits per heavy atom. The van der Waals surface area contributed by atoms with E-state index in [4.69, 9.17) is 21.5 Å². The fourth-order valence-corrected chi connectivity index (χ4v) is 3.34. The molecule has 1 aromatic heterocycles.